The summed E-state index contributed by atoms with van der Waals surface area (Å²) in [4.78, 5) is 0. The van der Waals surface area contributed by atoms with Gasteiger partial charge in [-0.2, -0.15) is 0 Å². The molecule has 0 aromatic rings. The number of aliphatic hydroxyl groups excluding tert-OH is 1. The van der Waals surface area contributed by atoms with Crippen molar-refractivity contribution in [1.29, 1.82) is 0 Å². The molecular formula is C13H27NO. The van der Waals surface area contributed by atoms with Crippen LogP contribution in [0, 0.1) is 5.92 Å². The fraction of sp³-hybridized carbons (Fsp3) is 1.00. The molecule has 2 N–H and O–H groups in total. The van der Waals surface area contributed by atoms with Gasteiger partial charge in [0.1, 0.15) is 0 Å². The van der Waals surface area contributed by atoms with E-state index in [4.69, 9.17) is 0 Å². The van der Waals surface area contributed by atoms with Crippen molar-refractivity contribution in [3.8, 4) is 0 Å². The highest BCUT2D eigenvalue weighted by Crippen LogP contribution is 2.26. The molecule has 0 aromatic heterocycles. The minimum atomic E-state index is -0.0645. The van der Waals surface area contributed by atoms with Crippen molar-refractivity contribution in [2.24, 2.45) is 5.92 Å². The van der Waals surface area contributed by atoms with E-state index in [1.54, 1.807) is 0 Å². The summed E-state index contributed by atoms with van der Waals surface area (Å²) in [6.45, 7) is 6.92. The minimum Gasteiger partial charge on any atom is -0.394 e. The third kappa shape index (κ3) is 3.76. The van der Waals surface area contributed by atoms with E-state index in [1.807, 2.05) is 0 Å². The van der Waals surface area contributed by atoms with Crippen LogP contribution in [0.2, 0.25) is 0 Å². The van der Waals surface area contributed by atoms with Crippen LogP contribution in [0.1, 0.15) is 59.3 Å². The van der Waals surface area contributed by atoms with Gasteiger partial charge in [0.25, 0.3) is 0 Å². The Balaban J connectivity index is 2.49. The molecule has 3 atom stereocenters. The lowest BCUT2D eigenvalue weighted by Crippen LogP contribution is -2.53. The van der Waals surface area contributed by atoms with Gasteiger partial charge < -0.3 is 10.4 Å². The summed E-state index contributed by atoms with van der Waals surface area (Å²) in [5.41, 5.74) is -0.0645. The highest BCUT2D eigenvalue weighted by Gasteiger charge is 2.29. The first-order valence-corrected chi connectivity index (χ1v) is 6.50. The van der Waals surface area contributed by atoms with Crippen LogP contribution < -0.4 is 5.32 Å². The fourth-order valence-corrected chi connectivity index (χ4v) is 2.73. The molecule has 2 heteroatoms. The monoisotopic (exact) mass is 213 g/mol. The van der Waals surface area contributed by atoms with Gasteiger partial charge in [0, 0.05) is 11.6 Å². The molecule has 15 heavy (non-hydrogen) atoms. The predicted molar refractivity (Wildman–Crippen MR) is 65.0 cm³/mol. The lowest BCUT2D eigenvalue weighted by atomic mass is 9.83. The van der Waals surface area contributed by atoms with Gasteiger partial charge in [-0.05, 0) is 32.1 Å². The van der Waals surface area contributed by atoms with E-state index in [2.05, 4.69) is 26.1 Å². The van der Waals surface area contributed by atoms with Gasteiger partial charge in [0.05, 0.1) is 6.61 Å². The second-order valence-corrected chi connectivity index (χ2v) is 5.48. The maximum Gasteiger partial charge on any atom is 0.0610 e. The smallest absolute Gasteiger partial charge is 0.0610 e. The molecule has 0 amide bonds. The first-order chi connectivity index (χ1) is 7.11. The van der Waals surface area contributed by atoms with Gasteiger partial charge in [-0.1, -0.05) is 33.1 Å². The molecule has 0 bridgehead atoms. The summed E-state index contributed by atoms with van der Waals surface area (Å²) in [5.74, 6) is 0.765. The largest absolute Gasteiger partial charge is 0.394 e. The van der Waals surface area contributed by atoms with Crippen molar-refractivity contribution >= 4 is 0 Å². The van der Waals surface area contributed by atoms with Crippen LogP contribution in [0.4, 0.5) is 0 Å². The summed E-state index contributed by atoms with van der Waals surface area (Å²) in [6.07, 6.45) is 7.53. The summed E-state index contributed by atoms with van der Waals surface area (Å²) >= 11 is 0. The zero-order chi connectivity index (χ0) is 11.3. The van der Waals surface area contributed by atoms with E-state index in [0.29, 0.717) is 6.04 Å². The average molecular weight is 213 g/mol. The molecule has 0 aromatic carbocycles. The first-order valence-electron chi connectivity index (χ1n) is 6.50. The molecule has 1 rings (SSSR count). The number of nitrogens with one attached hydrogen (secondary N) is 1. The zero-order valence-corrected chi connectivity index (χ0v) is 10.6. The summed E-state index contributed by atoms with van der Waals surface area (Å²) in [5, 5.41) is 13.2. The first kappa shape index (κ1) is 13.0. The third-order valence-corrected chi connectivity index (χ3v) is 3.80. The molecule has 0 saturated heterocycles. The topological polar surface area (TPSA) is 32.3 Å². The van der Waals surface area contributed by atoms with E-state index in [0.717, 1.165) is 18.8 Å². The maximum atomic E-state index is 9.47. The average Bonchev–Trinajstić information content (AvgIpc) is 2.22. The molecule has 1 aliphatic rings. The van der Waals surface area contributed by atoms with Gasteiger partial charge >= 0.3 is 0 Å². The molecule has 2 nitrogen and oxygen atoms in total. The lowest BCUT2D eigenvalue weighted by molar-refractivity contribution is 0.126. The SMILES string of the molecule is CCCC(C)(CO)NC1CCCCC1C. The second-order valence-electron chi connectivity index (χ2n) is 5.48. The van der Waals surface area contributed by atoms with Gasteiger partial charge in [0.2, 0.25) is 0 Å². The van der Waals surface area contributed by atoms with Crippen molar-refractivity contribution in [1.82, 2.24) is 5.32 Å². The summed E-state index contributed by atoms with van der Waals surface area (Å²) < 4.78 is 0. The van der Waals surface area contributed by atoms with E-state index in [1.165, 1.54) is 25.7 Å². The maximum absolute atomic E-state index is 9.47. The summed E-state index contributed by atoms with van der Waals surface area (Å²) in [6, 6.07) is 0.613. The van der Waals surface area contributed by atoms with Crippen molar-refractivity contribution in [2.75, 3.05) is 6.61 Å². The van der Waals surface area contributed by atoms with Gasteiger partial charge in [-0.3, -0.25) is 0 Å². The van der Waals surface area contributed by atoms with Crippen LogP contribution in [0.5, 0.6) is 0 Å². The number of hydrogen-bond donors (Lipinski definition) is 2. The number of aliphatic hydroxyl groups is 1. The van der Waals surface area contributed by atoms with Gasteiger partial charge in [-0.25, -0.2) is 0 Å². The van der Waals surface area contributed by atoms with Crippen LogP contribution in [-0.4, -0.2) is 23.3 Å². The highest BCUT2D eigenvalue weighted by molar-refractivity contribution is 4.89. The molecule has 1 saturated carbocycles. The van der Waals surface area contributed by atoms with Crippen LogP contribution in [-0.2, 0) is 0 Å². The lowest BCUT2D eigenvalue weighted by Gasteiger charge is -2.38. The van der Waals surface area contributed by atoms with Gasteiger partial charge in [-0.15, -0.1) is 0 Å². The standard InChI is InChI=1S/C13H27NO/c1-4-9-13(3,10-15)14-12-8-6-5-7-11(12)2/h11-12,14-15H,4-10H2,1-3H3. The highest BCUT2D eigenvalue weighted by atomic mass is 16.3. The normalized spacial score (nSPS) is 31.2. The Morgan fingerprint density at radius 1 is 1.33 bits per heavy atom. The van der Waals surface area contributed by atoms with E-state index < -0.39 is 0 Å². The minimum absolute atomic E-state index is 0.0645. The second kappa shape index (κ2) is 5.86. The Morgan fingerprint density at radius 3 is 2.53 bits per heavy atom. The molecular weight excluding hydrogens is 186 g/mol. The van der Waals surface area contributed by atoms with Crippen molar-refractivity contribution in [2.45, 2.75) is 70.9 Å². The van der Waals surface area contributed by atoms with E-state index in [9.17, 15) is 5.11 Å². The Labute approximate surface area is 94.5 Å². The van der Waals surface area contributed by atoms with Crippen molar-refractivity contribution < 1.29 is 5.11 Å². The van der Waals surface area contributed by atoms with Crippen molar-refractivity contribution in [3.63, 3.8) is 0 Å². The Kier molecular flexibility index (Phi) is 5.07. The molecule has 0 spiro atoms. The number of hydrogen-bond acceptors (Lipinski definition) is 2. The predicted octanol–water partition coefficient (Wildman–Crippen LogP) is 2.71. The van der Waals surface area contributed by atoms with Crippen molar-refractivity contribution in [3.05, 3.63) is 0 Å². The van der Waals surface area contributed by atoms with Gasteiger partial charge in [0.15, 0.2) is 0 Å². The van der Waals surface area contributed by atoms with Crippen LogP contribution >= 0.6 is 0 Å². The number of rotatable bonds is 5. The molecule has 0 radical (unpaired) electrons. The Hall–Kier alpha value is -0.0800. The quantitative estimate of drug-likeness (QED) is 0.736. The molecule has 90 valence electrons. The molecule has 3 unspecified atom stereocenters. The third-order valence-electron chi connectivity index (χ3n) is 3.80. The van der Waals surface area contributed by atoms with Crippen LogP contribution in [0.25, 0.3) is 0 Å². The summed E-state index contributed by atoms with van der Waals surface area (Å²) in [7, 11) is 0. The molecule has 0 heterocycles. The Bertz CT molecular complexity index is 183. The van der Waals surface area contributed by atoms with Crippen LogP contribution in [0.15, 0.2) is 0 Å². The molecule has 1 aliphatic carbocycles. The molecule has 0 aliphatic heterocycles. The fourth-order valence-electron chi connectivity index (χ4n) is 2.73. The van der Waals surface area contributed by atoms with E-state index in [-0.39, 0.29) is 12.1 Å². The Morgan fingerprint density at radius 2 is 2.00 bits per heavy atom. The van der Waals surface area contributed by atoms with E-state index >= 15 is 0 Å². The zero-order valence-electron chi connectivity index (χ0n) is 10.6. The van der Waals surface area contributed by atoms with Crippen LogP contribution in [0.3, 0.4) is 0 Å². The molecule has 1 fully saturated rings.